The van der Waals surface area contributed by atoms with Gasteiger partial charge in [0.2, 0.25) is 5.91 Å². The third-order valence-electron chi connectivity index (χ3n) is 4.28. The minimum atomic E-state index is -0.464. The quantitative estimate of drug-likeness (QED) is 0.767. The van der Waals surface area contributed by atoms with Gasteiger partial charge >= 0.3 is 0 Å². The van der Waals surface area contributed by atoms with E-state index in [2.05, 4.69) is 5.32 Å². The molecule has 0 bridgehead atoms. The Kier molecular flexibility index (Phi) is 5.78. The van der Waals surface area contributed by atoms with Gasteiger partial charge in [-0.05, 0) is 49.2 Å². The largest absolute Gasteiger partial charge is 0.497 e. The Bertz CT molecular complexity index is 727. The Morgan fingerprint density at radius 3 is 2.69 bits per heavy atom. The number of hydrogen-bond acceptors (Lipinski definition) is 5. The Morgan fingerprint density at radius 1 is 1.23 bits per heavy atom. The number of ether oxygens (including phenoxy) is 2. The van der Waals surface area contributed by atoms with Crippen molar-refractivity contribution in [1.29, 1.82) is 0 Å². The fraction of sp³-hybridized carbons (Fsp3) is 0.368. The van der Waals surface area contributed by atoms with Crippen LogP contribution in [0.25, 0.3) is 0 Å². The number of likely N-dealkylation sites (tertiary alicyclic amines) is 1. The topological polar surface area (TPSA) is 81.0 Å². The Balaban J connectivity index is 1.45. The second-order valence-corrected chi connectivity index (χ2v) is 5.95. The van der Waals surface area contributed by atoms with Crippen LogP contribution in [0.2, 0.25) is 0 Å². The molecule has 7 nitrogen and oxygen atoms in total. The highest BCUT2D eigenvalue weighted by atomic mass is 16.5. The van der Waals surface area contributed by atoms with E-state index in [-0.39, 0.29) is 17.6 Å². The summed E-state index contributed by atoms with van der Waals surface area (Å²) in [7, 11) is 1.61. The molecule has 1 atom stereocenters. The van der Waals surface area contributed by atoms with Gasteiger partial charge in [0.15, 0.2) is 5.76 Å². The minimum Gasteiger partial charge on any atom is -0.497 e. The summed E-state index contributed by atoms with van der Waals surface area (Å²) < 4.78 is 15.8. The van der Waals surface area contributed by atoms with Crippen LogP contribution in [0.4, 0.5) is 0 Å². The van der Waals surface area contributed by atoms with Gasteiger partial charge in [0.05, 0.1) is 19.9 Å². The second-order valence-electron chi connectivity index (χ2n) is 5.95. The molecule has 0 saturated carbocycles. The van der Waals surface area contributed by atoms with E-state index in [9.17, 15) is 9.59 Å². The lowest BCUT2D eigenvalue weighted by atomic mass is 10.2. The lowest BCUT2D eigenvalue weighted by Gasteiger charge is -2.23. The van der Waals surface area contributed by atoms with Crippen LogP contribution < -0.4 is 14.8 Å². The van der Waals surface area contributed by atoms with Gasteiger partial charge in [-0.1, -0.05) is 0 Å². The van der Waals surface area contributed by atoms with Gasteiger partial charge < -0.3 is 24.1 Å². The van der Waals surface area contributed by atoms with Crippen LogP contribution in [0.1, 0.15) is 23.4 Å². The van der Waals surface area contributed by atoms with E-state index in [0.29, 0.717) is 31.9 Å². The molecule has 1 saturated heterocycles. The van der Waals surface area contributed by atoms with Crippen LogP contribution in [0.3, 0.4) is 0 Å². The van der Waals surface area contributed by atoms with E-state index >= 15 is 0 Å². The number of benzene rings is 1. The first-order valence-corrected chi connectivity index (χ1v) is 8.58. The van der Waals surface area contributed by atoms with Gasteiger partial charge in [-0.15, -0.1) is 0 Å². The zero-order valence-corrected chi connectivity index (χ0v) is 14.6. The van der Waals surface area contributed by atoms with Crippen LogP contribution in [0, 0.1) is 0 Å². The molecule has 2 heterocycles. The molecule has 1 aromatic heterocycles. The van der Waals surface area contributed by atoms with Crippen molar-refractivity contribution in [3.8, 4) is 11.5 Å². The molecule has 1 fully saturated rings. The zero-order valence-electron chi connectivity index (χ0n) is 14.6. The van der Waals surface area contributed by atoms with Crippen molar-refractivity contribution in [2.24, 2.45) is 0 Å². The van der Waals surface area contributed by atoms with Gasteiger partial charge in [-0.25, -0.2) is 0 Å². The zero-order chi connectivity index (χ0) is 18.4. The van der Waals surface area contributed by atoms with Gasteiger partial charge in [0, 0.05) is 6.54 Å². The molecule has 0 aliphatic carbocycles. The van der Waals surface area contributed by atoms with E-state index in [0.717, 1.165) is 12.2 Å². The molecule has 1 aliphatic rings. The standard InChI is InChI=1S/C19H22N2O5/c1-24-14-6-8-15(9-7-14)25-13-10-20-18(22)16-4-2-11-21(16)19(23)17-5-3-12-26-17/h3,5-9,12,16H,2,4,10-11,13H2,1H3,(H,20,22). The van der Waals surface area contributed by atoms with Crippen LogP contribution in [-0.2, 0) is 4.79 Å². The number of methoxy groups -OCH3 is 1. The normalized spacial score (nSPS) is 16.3. The average molecular weight is 358 g/mol. The summed E-state index contributed by atoms with van der Waals surface area (Å²) in [6.45, 7) is 1.26. The molecule has 0 radical (unpaired) electrons. The van der Waals surface area contributed by atoms with Crippen molar-refractivity contribution in [1.82, 2.24) is 10.2 Å². The smallest absolute Gasteiger partial charge is 0.290 e. The van der Waals surface area contributed by atoms with Crippen molar-refractivity contribution in [3.63, 3.8) is 0 Å². The van der Waals surface area contributed by atoms with Crippen molar-refractivity contribution in [3.05, 3.63) is 48.4 Å². The lowest BCUT2D eigenvalue weighted by molar-refractivity contribution is -0.124. The van der Waals surface area contributed by atoms with E-state index < -0.39 is 6.04 Å². The van der Waals surface area contributed by atoms with Gasteiger partial charge in [0.25, 0.3) is 5.91 Å². The Labute approximate surface area is 151 Å². The maximum absolute atomic E-state index is 12.4. The highest BCUT2D eigenvalue weighted by molar-refractivity contribution is 5.95. The lowest BCUT2D eigenvalue weighted by Crippen LogP contribution is -2.46. The molecule has 26 heavy (non-hydrogen) atoms. The van der Waals surface area contributed by atoms with E-state index in [4.69, 9.17) is 13.9 Å². The number of hydrogen-bond donors (Lipinski definition) is 1. The number of furan rings is 1. The SMILES string of the molecule is COc1ccc(OCCNC(=O)C2CCCN2C(=O)c2ccco2)cc1. The summed E-state index contributed by atoms with van der Waals surface area (Å²) in [5, 5.41) is 2.83. The van der Waals surface area contributed by atoms with Crippen molar-refractivity contribution in [2.45, 2.75) is 18.9 Å². The molecule has 1 aromatic carbocycles. The fourth-order valence-corrected chi connectivity index (χ4v) is 2.96. The predicted molar refractivity (Wildman–Crippen MR) is 94.3 cm³/mol. The van der Waals surface area contributed by atoms with E-state index in [1.165, 1.54) is 6.26 Å². The summed E-state index contributed by atoms with van der Waals surface area (Å²) >= 11 is 0. The van der Waals surface area contributed by atoms with Crippen LogP contribution in [0.15, 0.2) is 47.1 Å². The summed E-state index contributed by atoms with van der Waals surface area (Å²) in [4.78, 5) is 26.4. The number of nitrogens with zero attached hydrogens (tertiary/aromatic N) is 1. The summed E-state index contributed by atoms with van der Waals surface area (Å²) in [5.74, 6) is 1.30. The number of carbonyl (C=O) groups is 2. The molecule has 2 aromatic rings. The molecular weight excluding hydrogens is 336 g/mol. The van der Waals surface area contributed by atoms with E-state index in [1.807, 2.05) is 12.1 Å². The highest BCUT2D eigenvalue weighted by Crippen LogP contribution is 2.20. The maximum atomic E-state index is 12.4. The summed E-state index contributed by atoms with van der Waals surface area (Å²) in [6, 6.07) is 10.0. The first-order valence-electron chi connectivity index (χ1n) is 8.58. The molecule has 1 N–H and O–H groups in total. The van der Waals surface area contributed by atoms with Crippen LogP contribution in [-0.4, -0.2) is 49.6 Å². The van der Waals surface area contributed by atoms with Crippen LogP contribution >= 0.6 is 0 Å². The van der Waals surface area contributed by atoms with Gasteiger partial charge in [-0.3, -0.25) is 9.59 Å². The fourth-order valence-electron chi connectivity index (χ4n) is 2.96. The minimum absolute atomic E-state index is 0.166. The predicted octanol–water partition coefficient (Wildman–Crippen LogP) is 2.09. The molecule has 2 amide bonds. The number of carbonyl (C=O) groups excluding carboxylic acids is 2. The second kappa shape index (κ2) is 8.42. The number of nitrogens with one attached hydrogen (secondary N) is 1. The third-order valence-corrected chi connectivity index (χ3v) is 4.28. The third kappa shape index (κ3) is 4.17. The number of rotatable bonds is 7. The Morgan fingerprint density at radius 2 is 2.00 bits per heavy atom. The summed E-state index contributed by atoms with van der Waals surface area (Å²) in [6.07, 6.45) is 2.90. The molecule has 0 spiro atoms. The summed E-state index contributed by atoms with van der Waals surface area (Å²) in [5.41, 5.74) is 0. The van der Waals surface area contributed by atoms with Crippen molar-refractivity contribution >= 4 is 11.8 Å². The van der Waals surface area contributed by atoms with E-state index in [1.54, 1.807) is 36.3 Å². The van der Waals surface area contributed by atoms with Crippen LogP contribution in [0.5, 0.6) is 11.5 Å². The first kappa shape index (κ1) is 17.8. The van der Waals surface area contributed by atoms with Gasteiger partial charge in [-0.2, -0.15) is 0 Å². The molecule has 3 rings (SSSR count). The first-order chi connectivity index (χ1) is 12.7. The van der Waals surface area contributed by atoms with Crippen molar-refractivity contribution < 1.29 is 23.5 Å². The average Bonchev–Trinajstić information content (AvgIpc) is 3.37. The molecule has 7 heteroatoms. The maximum Gasteiger partial charge on any atom is 0.290 e. The highest BCUT2D eigenvalue weighted by Gasteiger charge is 2.35. The van der Waals surface area contributed by atoms with Crippen molar-refractivity contribution in [2.75, 3.05) is 26.8 Å². The molecule has 1 unspecified atom stereocenters. The molecular formula is C19H22N2O5. The Hall–Kier alpha value is -2.96. The molecule has 138 valence electrons. The number of amides is 2. The monoisotopic (exact) mass is 358 g/mol. The molecule has 1 aliphatic heterocycles. The van der Waals surface area contributed by atoms with Gasteiger partial charge in [0.1, 0.15) is 24.1 Å².